The van der Waals surface area contributed by atoms with E-state index in [0.717, 1.165) is 0 Å². The molecule has 0 saturated heterocycles. The molecular weight excluding hydrogens is 301 g/mol. The lowest BCUT2D eigenvalue weighted by Crippen LogP contribution is -2.24. The third-order valence-electron chi connectivity index (χ3n) is 3.22. The molecule has 118 valence electrons. The average molecular weight is 315 g/mol. The predicted molar refractivity (Wildman–Crippen MR) is 83.0 cm³/mol. The van der Waals surface area contributed by atoms with E-state index in [1.807, 2.05) is 6.07 Å². The Bertz CT molecular complexity index is 741. The van der Waals surface area contributed by atoms with E-state index in [-0.39, 0.29) is 18.1 Å². The summed E-state index contributed by atoms with van der Waals surface area (Å²) in [6, 6.07) is 11.7. The molecular formula is C16H14FN3O3. The Morgan fingerprint density at radius 1 is 1.30 bits per heavy atom. The van der Waals surface area contributed by atoms with Gasteiger partial charge in [0.1, 0.15) is 23.9 Å². The predicted octanol–water partition coefficient (Wildman–Crippen LogP) is 3.12. The number of halogens is 1. The lowest BCUT2D eigenvalue weighted by Gasteiger charge is -2.19. The van der Waals surface area contributed by atoms with Gasteiger partial charge < -0.3 is 9.64 Å². The summed E-state index contributed by atoms with van der Waals surface area (Å²) >= 11 is 0. The van der Waals surface area contributed by atoms with E-state index in [0.29, 0.717) is 23.5 Å². The molecule has 0 saturated carbocycles. The van der Waals surface area contributed by atoms with Crippen LogP contribution in [0.5, 0.6) is 5.75 Å². The number of nitro benzene ring substituents is 1. The molecule has 0 N–H and O–H groups in total. The van der Waals surface area contributed by atoms with E-state index in [4.69, 9.17) is 10.00 Å². The Balaban J connectivity index is 2.05. The Labute approximate surface area is 132 Å². The molecule has 6 nitrogen and oxygen atoms in total. The largest absolute Gasteiger partial charge is 0.492 e. The summed E-state index contributed by atoms with van der Waals surface area (Å²) in [5.74, 6) is 0.165. The molecule has 2 rings (SSSR count). The maximum Gasteiger partial charge on any atom is 0.292 e. The summed E-state index contributed by atoms with van der Waals surface area (Å²) in [5.41, 5.74) is 0.613. The van der Waals surface area contributed by atoms with Gasteiger partial charge in [-0.1, -0.05) is 0 Å². The molecule has 2 aromatic carbocycles. The van der Waals surface area contributed by atoms with Gasteiger partial charge in [-0.05, 0) is 36.4 Å². The average Bonchev–Trinajstić information content (AvgIpc) is 2.55. The molecule has 0 heterocycles. The van der Waals surface area contributed by atoms with Crippen LogP contribution in [0.25, 0.3) is 0 Å². The zero-order valence-corrected chi connectivity index (χ0v) is 12.4. The van der Waals surface area contributed by atoms with Crippen molar-refractivity contribution < 1.29 is 14.1 Å². The number of benzene rings is 2. The van der Waals surface area contributed by atoms with Gasteiger partial charge in [-0.2, -0.15) is 5.26 Å². The Morgan fingerprint density at radius 3 is 2.61 bits per heavy atom. The molecule has 0 amide bonds. The van der Waals surface area contributed by atoms with Crippen LogP contribution in [0.4, 0.5) is 15.8 Å². The first-order chi connectivity index (χ1) is 11.0. The van der Waals surface area contributed by atoms with Gasteiger partial charge in [0, 0.05) is 13.1 Å². The zero-order chi connectivity index (χ0) is 16.8. The number of hydrogen-bond acceptors (Lipinski definition) is 5. The maximum atomic E-state index is 12.8. The number of nitro groups is 1. The maximum absolute atomic E-state index is 12.8. The highest BCUT2D eigenvalue weighted by atomic mass is 19.1. The fourth-order valence-electron chi connectivity index (χ4n) is 2.00. The van der Waals surface area contributed by atoms with Gasteiger partial charge in [-0.25, -0.2) is 4.39 Å². The first-order valence-corrected chi connectivity index (χ1v) is 6.79. The van der Waals surface area contributed by atoms with Gasteiger partial charge in [0.05, 0.1) is 23.1 Å². The van der Waals surface area contributed by atoms with Crippen LogP contribution in [0.15, 0.2) is 42.5 Å². The minimum atomic E-state index is -0.492. The molecule has 0 spiro atoms. The van der Waals surface area contributed by atoms with Crippen LogP contribution in [0.1, 0.15) is 5.56 Å². The standard InChI is InChI=1S/C16H14FN3O3/c1-19(8-9-23-14-5-3-13(17)4-6-14)16-10-12(11-18)2-7-15(16)20(21)22/h2-7,10H,8-9H2,1H3. The third kappa shape index (κ3) is 4.17. The summed E-state index contributed by atoms with van der Waals surface area (Å²) in [4.78, 5) is 12.2. The molecule has 0 aliphatic carbocycles. The first kappa shape index (κ1) is 16.2. The van der Waals surface area contributed by atoms with E-state index in [1.165, 1.54) is 42.5 Å². The number of likely N-dealkylation sites (N-methyl/N-ethyl adjacent to an activating group) is 1. The van der Waals surface area contributed by atoms with E-state index in [2.05, 4.69) is 0 Å². The van der Waals surface area contributed by atoms with Gasteiger partial charge in [0.15, 0.2) is 0 Å². The van der Waals surface area contributed by atoms with Crippen LogP contribution in [0.3, 0.4) is 0 Å². The van der Waals surface area contributed by atoms with Crippen molar-refractivity contribution in [3.05, 3.63) is 64.0 Å². The van der Waals surface area contributed by atoms with Crippen LogP contribution >= 0.6 is 0 Å². The van der Waals surface area contributed by atoms with Crippen molar-refractivity contribution in [3.63, 3.8) is 0 Å². The van der Waals surface area contributed by atoms with Crippen molar-refractivity contribution in [2.24, 2.45) is 0 Å². The van der Waals surface area contributed by atoms with Crippen LogP contribution in [0.2, 0.25) is 0 Å². The van der Waals surface area contributed by atoms with Gasteiger partial charge in [-0.15, -0.1) is 0 Å². The lowest BCUT2D eigenvalue weighted by molar-refractivity contribution is -0.384. The van der Waals surface area contributed by atoms with Crippen LogP contribution in [0, 0.1) is 27.3 Å². The van der Waals surface area contributed by atoms with E-state index in [1.54, 1.807) is 11.9 Å². The second-order valence-electron chi connectivity index (χ2n) is 4.80. The Kier molecular flexibility index (Phi) is 5.10. The third-order valence-corrected chi connectivity index (χ3v) is 3.22. The highest BCUT2D eigenvalue weighted by molar-refractivity contribution is 5.65. The van der Waals surface area contributed by atoms with E-state index >= 15 is 0 Å². The summed E-state index contributed by atoms with van der Waals surface area (Å²) < 4.78 is 18.3. The summed E-state index contributed by atoms with van der Waals surface area (Å²) in [6.07, 6.45) is 0. The smallest absolute Gasteiger partial charge is 0.292 e. The molecule has 0 fully saturated rings. The molecule has 23 heavy (non-hydrogen) atoms. The van der Waals surface area contributed by atoms with Crippen molar-refractivity contribution in [1.29, 1.82) is 5.26 Å². The van der Waals surface area contributed by atoms with E-state index < -0.39 is 4.92 Å². The monoisotopic (exact) mass is 315 g/mol. The number of anilines is 1. The number of nitrogens with zero attached hydrogens (tertiary/aromatic N) is 3. The highest BCUT2D eigenvalue weighted by Crippen LogP contribution is 2.28. The SMILES string of the molecule is CN(CCOc1ccc(F)cc1)c1cc(C#N)ccc1[N+](=O)[O-]. The highest BCUT2D eigenvalue weighted by Gasteiger charge is 2.17. The van der Waals surface area contributed by atoms with E-state index in [9.17, 15) is 14.5 Å². The van der Waals surface area contributed by atoms with Crippen LogP contribution in [-0.4, -0.2) is 25.1 Å². The molecule has 2 aromatic rings. The summed E-state index contributed by atoms with van der Waals surface area (Å²) in [5, 5.41) is 20.0. The molecule has 0 bridgehead atoms. The van der Waals surface area contributed by atoms with Crippen LogP contribution < -0.4 is 9.64 Å². The molecule has 0 aliphatic heterocycles. The fourth-order valence-corrected chi connectivity index (χ4v) is 2.00. The topological polar surface area (TPSA) is 79.4 Å². The van der Waals surface area contributed by atoms with Crippen molar-refractivity contribution in [3.8, 4) is 11.8 Å². The van der Waals surface area contributed by atoms with Gasteiger partial charge in [0.2, 0.25) is 0 Å². The first-order valence-electron chi connectivity index (χ1n) is 6.79. The fraction of sp³-hybridized carbons (Fsp3) is 0.188. The van der Waals surface area contributed by atoms with Crippen molar-refractivity contribution in [2.75, 3.05) is 25.1 Å². The quantitative estimate of drug-likeness (QED) is 0.604. The van der Waals surface area contributed by atoms with Crippen molar-refractivity contribution >= 4 is 11.4 Å². The number of rotatable bonds is 6. The lowest BCUT2D eigenvalue weighted by atomic mass is 10.1. The molecule has 0 radical (unpaired) electrons. The normalized spacial score (nSPS) is 9.96. The number of nitriles is 1. The number of ether oxygens (including phenoxy) is 1. The molecule has 0 aromatic heterocycles. The molecule has 7 heteroatoms. The molecule has 0 unspecified atom stereocenters. The second-order valence-corrected chi connectivity index (χ2v) is 4.80. The zero-order valence-electron chi connectivity index (χ0n) is 12.4. The number of hydrogen-bond donors (Lipinski definition) is 0. The molecule has 0 aliphatic rings. The molecule has 0 atom stereocenters. The Morgan fingerprint density at radius 2 is 2.00 bits per heavy atom. The summed E-state index contributed by atoms with van der Waals surface area (Å²) in [6.45, 7) is 0.628. The minimum Gasteiger partial charge on any atom is -0.492 e. The summed E-state index contributed by atoms with van der Waals surface area (Å²) in [7, 11) is 1.68. The minimum absolute atomic E-state index is 0.0757. The van der Waals surface area contributed by atoms with Crippen molar-refractivity contribution in [1.82, 2.24) is 0 Å². The van der Waals surface area contributed by atoms with Crippen molar-refractivity contribution in [2.45, 2.75) is 0 Å². The van der Waals surface area contributed by atoms with Crippen LogP contribution in [-0.2, 0) is 0 Å². The second kappa shape index (κ2) is 7.22. The van der Waals surface area contributed by atoms with Gasteiger partial charge in [-0.3, -0.25) is 10.1 Å². The Hall–Kier alpha value is -3.14. The van der Waals surface area contributed by atoms with Gasteiger partial charge in [0.25, 0.3) is 5.69 Å². The van der Waals surface area contributed by atoms with Gasteiger partial charge >= 0.3 is 0 Å².